The summed E-state index contributed by atoms with van der Waals surface area (Å²) in [5.74, 6) is -0.570. The molecule has 0 aliphatic rings. The second-order valence-corrected chi connectivity index (χ2v) is 3.85. The fourth-order valence-corrected chi connectivity index (χ4v) is 1.51. The molecule has 78 valence electrons. The molecular weight excluding hydrogens is 250 g/mol. The highest BCUT2D eigenvalue weighted by Gasteiger charge is 2.37. The van der Waals surface area contributed by atoms with Crippen LogP contribution >= 0.6 is 15.9 Å². The third kappa shape index (κ3) is 1.99. The van der Waals surface area contributed by atoms with Gasteiger partial charge in [0.05, 0.1) is 0 Å². The van der Waals surface area contributed by atoms with E-state index in [1.165, 1.54) is 0 Å². The predicted octanol–water partition coefficient (Wildman–Crippen LogP) is 1.95. The van der Waals surface area contributed by atoms with Crippen molar-refractivity contribution in [3.63, 3.8) is 0 Å². The van der Waals surface area contributed by atoms with E-state index in [-0.39, 0.29) is 0 Å². The fraction of sp³-hybridized carbons (Fsp3) is 0.444. The number of hydrogen-bond acceptors (Lipinski definition) is 3. The maximum absolute atomic E-state index is 11.1. The number of rotatable bonds is 4. The Bertz CT molecular complexity index is 337. The van der Waals surface area contributed by atoms with E-state index in [2.05, 4.69) is 21.2 Å². The summed E-state index contributed by atoms with van der Waals surface area (Å²) in [6.07, 6.45) is 0. The predicted molar refractivity (Wildman–Crippen MR) is 55.1 cm³/mol. The van der Waals surface area contributed by atoms with Crippen molar-refractivity contribution in [1.29, 1.82) is 0 Å². The minimum absolute atomic E-state index is 0.388. The quantitative estimate of drug-likeness (QED) is 0.870. The van der Waals surface area contributed by atoms with Crippen molar-refractivity contribution >= 4 is 21.9 Å². The number of nitrogens with one attached hydrogen (secondary N) is 1. The molecule has 0 aromatic carbocycles. The number of carboxylic acids is 1. The number of furan rings is 1. The highest BCUT2D eigenvalue weighted by Crippen LogP contribution is 2.25. The number of carbonyl (C=O) groups is 1. The van der Waals surface area contributed by atoms with E-state index >= 15 is 0 Å². The lowest BCUT2D eigenvalue weighted by atomic mass is 9.99. The van der Waals surface area contributed by atoms with Crippen LogP contribution in [0.4, 0.5) is 0 Å². The van der Waals surface area contributed by atoms with Crippen LogP contribution in [-0.4, -0.2) is 17.6 Å². The van der Waals surface area contributed by atoms with E-state index in [1.54, 1.807) is 19.1 Å². The molecule has 0 amide bonds. The van der Waals surface area contributed by atoms with Crippen LogP contribution in [0.2, 0.25) is 0 Å². The summed E-state index contributed by atoms with van der Waals surface area (Å²) in [5.41, 5.74) is -1.17. The molecule has 1 rings (SSSR count). The van der Waals surface area contributed by atoms with Crippen LogP contribution < -0.4 is 5.32 Å². The zero-order valence-corrected chi connectivity index (χ0v) is 9.59. The molecule has 1 aromatic rings. The van der Waals surface area contributed by atoms with Crippen LogP contribution in [0, 0.1) is 0 Å². The van der Waals surface area contributed by atoms with Gasteiger partial charge in [0.2, 0.25) is 0 Å². The highest BCUT2D eigenvalue weighted by molar-refractivity contribution is 9.10. The maximum Gasteiger partial charge on any atom is 0.331 e. The molecule has 0 aliphatic heterocycles. The van der Waals surface area contributed by atoms with Crippen LogP contribution in [0.15, 0.2) is 21.2 Å². The Morgan fingerprint density at radius 3 is 2.71 bits per heavy atom. The lowest BCUT2D eigenvalue weighted by molar-refractivity contribution is -0.145. The van der Waals surface area contributed by atoms with Crippen LogP contribution in [0.5, 0.6) is 0 Å². The summed E-state index contributed by atoms with van der Waals surface area (Å²) < 4.78 is 5.76. The Kier molecular flexibility index (Phi) is 3.34. The fourth-order valence-electron chi connectivity index (χ4n) is 1.20. The van der Waals surface area contributed by atoms with Crippen LogP contribution in [0.25, 0.3) is 0 Å². The summed E-state index contributed by atoms with van der Waals surface area (Å²) in [6, 6.07) is 3.31. The van der Waals surface area contributed by atoms with Crippen molar-refractivity contribution in [2.24, 2.45) is 0 Å². The minimum atomic E-state index is -1.17. The zero-order chi connectivity index (χ0) is 10.8. The summed E-state index contributed by atoms with van der Waals surface area (Å²) in [7, 11) is 0. The normalized spacial score (nSPS) is 15.1. The average Bonchev–Trinajstić information content (AvgIpc) is 2.52. The number of likely N-dealkylation sites (N-methyl/N-ethyl adjacent to an activating group) is 1. The lowest BCUT2D eigenvalue weighted by Crippen LogP contribution is -2.46. The standard InChI is InChI=1S/C9H12BrNO3/c1-3-11-9(2,8(12)13)6-4-5-7(10)14-6/h4-5,11H,3H2,1-2H3,(H,12,13). The van der Waals surface area contributed by atoms with Crippen molar-refractivity contribution < 1.29 is 14.3 Å². The molecule has 0 radical (unpaired) electrons. The van der Waals surface area contributed by atoms with E-state index in [0.29, 0.717) is 17.0 Å². The molecule has 0 fully saturated rings. The first kappa shape index (κ1) is 11.3. The third-order valence-corrected chi connectivity index (χ3v) is 2.45. The molecule has 5 heteroatoms. The van der Waals surface area contributed by atoms with E-state index in [0.717, 1.165) is 0 Å². The Hall–Kier alpha value is -0.810. The molecule has 0 aliphatic carbocycles. The smallest absolute Gasteiger partial charge is 0.331 e. The van der Waals surface area contributed by atoms with Gasteiger partial charge in [0, 0.05) is 0 Å². The van der Waals surface area contributed by atoms with Crippen molar-refractivity contribution in [2.75, 3.05) is 6.54 Å². The summed E-state index contributed by atoms with van der Waals surface area (Å²) in [5, 5.41) is 12.0. The Balaban J connectivity index is 3.05. The number of hydrogen-bond donors (Lipinski definition) is 2. The molecule has 0 bridgehead atoms. The van der Waals surface area contributed by atoms with Gasteiger partial charge in [-0.05, 0) is 41.5 Å². The monoisotopic (exact) mass is 261 g/mol. The molecule has 1 atom stereocenters. The average molecular weight is 262 g/mol. The van der Waals surface area contributed by atoms with Gasteiger partial charge in [-0.1, -0.05) is 6.92 Å². The minimum Gasteiger partial charge on any atom is -0.480 e. The Morgan fingerprint density at radius 1 is 1.71 bits per heavy atom. The van der Waals surface area contributed by atoms with Gasteiger partial charge in [0.25, 0.3) is 0 Å². The van der Waals surface area contributed by atoms with Crippen molar-refractivity contribution in [1.82, 2.24) is 5.32 Å². The van der Waals surface area contributed by atoms with Crippen LogP contribution in [0.1, 0.15) is 19.6 Å². The van der Waals surface area contributed by atoms with Gasteiger partial charge in [-0.15, -0.1) is 0 Å². The summed E-state index contributed by atoms with van der Waals surface area (Å²) in [4.78, 5) is 11.1. The molecule has 2 N–H and O–H groups in total. The first-order chi connectivity index (χ1) is 6.50. The van der Waals surface area contributed by atoms with Gasteiger partial charge >= 0.3 is 5.97 Å². The zero-order valence-electron chi connectivity index (χ0n) is 8.00. The number of carboxylic acid groups (broad SMARTS) is 1. The van der Waals surface area contributed by atoms with Crippen molar-refractivity contribution in [3.05, 3.63) is 22.6 Å². The molecule has 0 saturated carbocycles. The molecule has 0 saturated heterocycles. The molecule has 4 nitrogen and oxygen atoms in total. The van der Waals surface area contributed by atoms with Crippen molar-refractivity contribution in [3.8, 4) is 0 Å². The summed E-state index contributed by atoms with van der Waals surface area (Å²) >= 11 is 3.14. The van der Waals surface area contributed by atoms with Gasteiger partial charge in [0.15, 0.2) is 10.2 Å². The van der Waals surface area contributed by atoms with Crippen LogP contribution in [0.3, 0.4) is 0 Å². The molecule has 1 unspecified atom stereocenters. The second kappa shape index (κ2) is 4.14. The van der Waals surface area contributed by atoms with E-state index in [1.807, 2.05) is 6.92 Å². The van der Waals surface area contributed by atoms with Crippen LogP contribution in [-0.2, 0) is 10.3 Å². The Morgan fingerprint density at radius 2 is 2.36 bits per heavy atom. The third-order valence-electron chi connectivity index (χ3n) is 2.02. The van der Waals surface area contributed by atoms with Gasteiger partial charge in [-0.3, -0.25) is 5.32 Å². The van der Waals surface area contributed by atoms with Gasteiger partial charge in [-0.2, -0.15) is 0 Å². The molecule has 1 aromatic heterocycles. The maximum atomic E-state index is 11.1. The number of halogens is 1. The lowest BCUT2D eigenvalue weighted by Gasteiger charge is -2.22. The molecule has 0 spiro atoms. The molecule has 14 heavy (non-hydrogen) atoms. The molecule has 1 heterocycles. The van der Waals surface area contributed by atoms with Gasteiger partial charge < -0.3 is 9.52 Å². The molecular formula is C9H12BrNO3. The van der Waals surface area contributed by atoms with Gasteiger partial charge in [0.1, 0.15) is 5.76 Å². The van der Waals surface area contributed by atoms with Crippen molar-refractivity contribution in [2.45, 2.75) is 19.4 Å². The van der Waals surface area contributed by atoms with E-state index < -0.39 is 11.5 Å². The second-order valence-electron chi connectivity index (χ2n) is 3.06. The van der Waals surface area contributed by atoms with E-state index in [4.69, 9.17) is 9.52 Å². The topological polar surface area (TPSA) is 62.5 Å². The van der Waals surface area contributed by atoms with Gasteiger partial charge in [-0.25, -0.2) is 4.79 Å². The largest absolute Gasteiger partial charge is 0.480 e. The summed E-state index contributed by atoms with van der Waals surface area (Å²) in [6.45, 7) is 3.98. The SMILES string of the molecule is CCNC(C)(C(=O)O)c1ccc(Br)o1. The number of aliphatic carboxylic acids is 1. The first-order valence-corrected chi connectivity index (χ1v) is 5.04. The first-order valence-electron chi connectivity index (χ1n) is 4.25. The highest BCUT2D eigenvalue weighted by atomic mass is 79.9. The van der Waals surface area contributed by atoms with E-state index in [9.17, 15) is 4.79 Å². The Labute approximate surface area is 90.4 Å².